The van der Waals surface area contributed by atoms with Crippen LogP contribution in [-0.2, 0) is 16.6 Å². The fraction of sp³-hybridized carbons (Fsp3) is 0.389. The molecule has 2 aromatic rings. The van der Waals surface area contributed by atoms with Crippen LogP contribution >= 0.6 is 0 Å². The molecule has 0 aliphatic heterocycles. The van der Waals surface area contributed by atoms with E-state index in [-0.39, 0.29) is 17.3 Å². The zero-order valence-corrected chi connectivity index (χ0v) is 15.1. The normalized spacial score (nSPS) is 11.4. The predicted octanol–water partition coefficient (Wildman–Crippen LogP) is 3.07. The van der Waals surface area contributed by atoms with Crippen LogP contribution < -0.4 is 10.0 Å². The zero-order valence-electron chi connectivity index (χ0n) is 14.3. The van der Waals surface area contributed by atoms with Gasteiger partial charge >= 0.3 is 0 Å². The van der Waals surface area contributed by atoms with Gasteiger partial charge in [-0.1, -0.05) is 26.2 Å². The Morgan fingerprint density at radius 2 is 1.84 bits per heavy atom. The summed E-state index contributed by atoms with van der Waals surface area (Å²) >= 11 is 0. The summed E-state index contributed by atoms with van der Waals surface area (Å²) in [7, 11) is -3.65. The number of nitrogens with one attached hydrogen (secondary N) is 2. The second-order valence-electron chi connectivity index (χ2n) is 5.74. The molecule has 1 amide bonds. The Bertz CT molecular complexity index is 753. The maximum Gasteiger partial charge on any atom is 0.251 e. The standard InChI is InChI=1S/C18H24N2O4S/c1-2-3-4-5-12-19-18(21)15-8-10-17(11-9-15)25(22,23)20-14-16-7-6-13-24-16/h6-11,13,20H,2-5,12,14H2,1H3,(H,19,21). The molecule has 0 saturated carbocycles. The van der Waals surface area contributed by atoms with Crippen molar-refractivity contribution in [1.82, 2.24) is 10.0 Å². The van der Waals surface area contributed by atoms with Crippen LogP contribution in [0.15, 0.2) is 52.0 Å². The van der Waals surface area contributed by atoms with Crippen LogP contribution in [0, 0.1) is 0 Å². The van der Waals surface area contributed by atoms with Crippen molar-refractivity contribution in [3.05, 3.63) is 54.0 Å². The number of amides is 1. The monoisotopic (exact) mass is 364 g/mol. The molecule has 0 fully saturated rings. The van der Waals surface area contributed by atoms with Gasteiger partial charge in [0.1, 0.15) is 5.76 Å². The number of sulfonamides is 1. The van der Waals surface area contributed by atoms with Gasteiger partial charge in [-0.3, -0.25) is 4.79 Å². The van der Waals surface area contributed by atoms with Crippen molar-refractivity contribution in [3.8, 4) is 0 Å². The van der Waals surface area contributed by atoms with Crippen LogP contribution in [0.2, 0.25) is 0 Å². The van der Waals surface area contributed by atoms with E-state index in [1.54, 1.807) is 12.1 Å². The summed E-state index contributed by atoms with van der Waals surface area (Å²) < 4.78 is 32.0. The Morgan fingerprint density at radius 3 is 2.48 bits per heavy atom. The van der Waals surface area contributed by atoms with Crippen molar-refractivity contribution in [3.63, 3.8) is 0 Å². The summed E-state index contributed by atoms with van der Waals surface area (Å²) in [6.07, 6.45) is 5.84. The summed E-state index contributed by atoms with van der Waals surface area (Å²) in [6.45, 7) is 2.84. The third-order valence-corrected chi connectivity index (χ3v) is 5.18. The minimum atomic E-state index is -3.65. The molecule has 0 unspecified atom stereocenters. The van der Waals surface area contributed by atoms with Crippen LogP contribution in [0.25, 0.3) is 0 Å². The summed E-state index contributed by atoms with van der Waals surface area (Å²) in [6, 6.07) is 9.27. The molecule has 1 aromatic carbocycles. The van der Waals surface area contributed by atoms with Gasteiger partial charge in [-0.05, 0) is 42.8 Å². The van der Waals surface area contributed by atoms with E-state index in [1.807, 2.05) is 0 Å². The fourth-order valence-electron chi connectivity index (χ4n) is 2.30. The Morgan fingerprint density at radius 1 is 1.08 bits per heavy atom. The van der Waals surface area contributed by atoms with E-state index in [4.69, 9.17) is 4.42 Å². The molecule has 0 aliphatic rings. The number of unbranched alkanes of at least 4 members (excludes halogenated alkanes) is 3. The third kappa shape index (κ3) is 6.03. The molecule has 0 radical (unpaired) electrons. The van der Waals surface area contributed by atoms with E-state index in [1.165, 1.54) is 30.5 Å². The van der Waals surface area contributed by atoms with E-state index in [2.05, 4.69) is 17.0 Å². The predicted molar refractivity (Wildman–Crippen MR) is 95.7 cm³/mol. The molecular weight excluding hydrogens is 340 g/mol. The highest BCUT2D eigenvalue weighted by Crippen LogP contribution is 2.12. The second-order valence-corrected chi connectivity index (χ2v) is 7.51. The minimum Gasteiger partial charge on any atom is -0.468 e. The van der Waals surface area contributed by atoms with Gasteiger partial charge in [-0.25, -0.2) is 13.1 Å². The molecule has 136 valence electrons. The Hall–Kier alpha value is -2.12. The Balaban J connectivity index is 1.88. The van der Waals surface area contributed by atoms with Gasteiger partial charge in [0.25, 0.3) is 5.91 Å². The number of carbonyl (C=O) groups is 1. The maximum absolute atomic E-state index is 12.2. The molecule has 0 aliphatic carbocycles. The number of rotatable bonds is 10. The number of carbonyl (C=O) groups excluding carboxylic acids is 1. The van der Waals surface area contributed by atoms with E-state index in [0.29, 0.717) is 17.9 Å². The van der Waals surface area contributed by atoms with Crippen molar-refractivity contribution < 1.29 is 17.6 Å². The summed E-state index contributed by atoms with van der Waals surface area (Å²) in [5, 5.41) is 2.84. The van der Waals surface area contributed by atoms with E-state index in [0.717, 1.165) is 25.7 Å². The highest BCUT2D eigenvalue weighted by molar-refractivity contribution is 7.89. The first-order chi connectivity index (χ1) is 12.0. The maximum atomic E-state index is 12.2. The Labute approximate surface area is 148 Å². The number of hydrogen-bond donors (Lipinski definition) is 2. The summed E-state index contributed by atoms with van der Waals surface area (Å²) in [5.41, 5.74) is 0.445. The molecule has 2 N–H and O–H groups in total. The lowest BCUT2D eigenvalue weighted by Gasteiger charge is -2.08. The molecular formula is C18H24N2O4S. The fourth-order valence-corrected chi connectivity index (χ4v) is 3.30. The van der Waals surface area contributed by atoms with Gasteiger partial charge in [-0.2, -0.15) is 0 Å². The second kappa shape index (κ2) is 9.39. The first-order valence-electron chi connectivity index (χ1n) is 8.43. The first-order valence-corrected chi connectivity index (χ1v) is 9.91. The lowest BCUT2D eigenvalue weighted by Crippen LogP contribution is -2.25. The molecule has 6 nitrogen and oxygen atoms in total. The lowest BCUT2D eigenvalue weighted by molar-refractivity contribution is 0.0953. The molecule has 0 saturated heterocycles. The van der Waals surface area contributed by atoms with Crippen LogP contribution in [0.1, 0.15) is 48.7 Å². The van der Waals surface area contributed by atoms with Gasteiger partial charge in [-0.15, -0.1) is 0 Å². The molecule has 25 heavy (non-hydrogen) atoms. The van der Waals surface area contributed by atoms with E-state index >= 15 is 0 Å². The highest BCUT2D eigenvalue weighted by atomic mass is 32.2. The number of benzene rings is 1. The lowest BCUT2D eigenvalue weighted by atomic mass is 10.2. The number of furan rings is 1. The number of hydrogen-bond acceptors (Lipinski definition) is 4. The quantitative estimate of drug-likeness (QED) is 0.634. The average Bonchev–Trinajstić information content (AvgIpc) is 3.13. The molecule has 0 atom stereocenters. The van der Waals surface area contributed by atoms with Gasteiger partial charge < -0.3 is 9.73 Å². The Kier molecular flexibility index (Phi) is 7.21. The van der Waals surface area contributed by atoms with Crippen LogP contribution in [0.5, 0.6) is 0 Å². The van der Waals surface area contributed by atoms with Crippen LogP contribution in [-0.4, -0.2) is 20.9 Å². The van der Waals surface area contributed by atoms with Crippen molar-refractivity contribution in [1.29, 1.82) is 0 Å². The van der Waals surface area contributed by atoms with Crippen molar-refractivity contribution in [2.45, 2.75) is 44.0 Å². The zero-order chi connectivity index (χ0) is 18.1. The third-order valence-electron chi connectivity index (χ3n) is 3.76. The van der Waals surface area contributed by atoms with Gasteiger partial charge in [0.15, 0.2) is 0 Å². The largest absolute Gasteiger partial charge is 0.468 e. The SMILES string of the molecule is CCCCCCNC(=O)c1ccc(S(=O)(=O)NCc2ccco2)cc1. The van der Waals surface area contributed by atoms with Gasteiger partial charge in [0.05, 0.1) is 17.7 Å². The van der Waals surface area contributed by atoms with Crippen LogP contribution in [0.3, 0.4) is 0 Å². The van der Waals surface area contributed by atoms with Crippen molar-refractivity contribution in [2.24, 2.45) is 0 Å². The molecule has 1 aromatic heterocycles. The molecule has 1 heterocycles. The molecule has 0 bridgehead atoms. The van der Waals surface area contributed by atoms with Crippen molar-refractivity contribution >= 4 is 15.9 Å². The first kappa shape index (κ1) is 19.2. The topological polar surface area (TPSA) is 88.4 Å². The van der Waals surface area contributed by atoms with Gasteiger partial charge in [0, 0.05) is 12.1 Å². The molecule has 7 heteroatoms. The highest BCUT2D eigenvalue weighted by Gasteiger charge is 2.15. The molecule has 2 rings (SSSR count). The summed E-state index contributed by atoms with van der Waals surface area (Å²) in [5.74, 6) is 0.339. The van der Waals surface area contributed by atoms with E-state index < -0.39 is 10.0 Å². The molecule has 0 spiro atoms. The van der Waals surface area contributed by atoms with Crippen molar-refractivity contribution in [2.75, 3.05) is 6.54 Å². The summed E-state index contributed by atoms with van der Waals surface area (Å²) in [4.78, 5) is 12.1. The van der Waals surface area contributed by atoms with Gasteiger partial charge in [0.2, 0.25) is 10.0 Å². The average molecular weight is 364 g/mol. The minimum absolute atomic E-state index is 0.0787. The van der Waals surface area contributed by atoms with Crippen LogP contribution in [0.4, 0.5) is 0 Å². The van der Waals surface area contributed by atoms with E-state index in [9.17, 15) is 13.2 Å². The smallest absolute Gasteiger partial charge is 0.251 e.